The number of benzene rings is 3. The summed E-state index contributed by atoms with van der Waals surface area (Å²) < 4.78 is 0. The minimum atomic E-state index is -0.196. The maximum absolute atomic E-state index is 12.3. The lowest BCUT2D eigenvalue weighted by Crippen LogP contribution is -2.11. The van der Waals surface area contributed by atoms with Gasteiger partial charge in [-0.2, -0.15) is 0 Å². The molecule has 0 aliphatic heterocycles. The molecule has 0 atom stereocenters. The lowest BCUT2D eigenvalue weighted by Gasteiger charge is -2.09. The molecule has 0 spiro atoms. The molecule has 0 saturated heterocycles. The Hall–Kier alpha value is -4.39. The van der Waals surface area contributed by atoms with Crippen molar-refractivity contribution in [3.05, 3.63) is 90.8 Å². The van der Waals surface area contributed by atoms with Crippen LogP contribution in [0.4, 0.5) is 28.6 Å². The number of aromatic nitrogens is 2. The minimum absolute atomic E-state index is 0.196. The Labute approximate surface area is 173 Å². The summed E-state index contributed by atoms with van der Waals surface area (Å²) in [7, 11) is 0. The van der Waals surface area contributed by atoms with Gasteiger partial charge in [0.25, 0.3) is 5.91 Å². The highest BCUT2D eigenvalue weighted by Crippen LogP contribution is 2.23. The van der Waals surface area contributed by atoms with Crippen molar-refractivity contribution < 1.29 is 4.79 Å². The first-order valence-electron chi connectivity index (χ1n) is 9.29. The monoisotopic (exact) mass is 396 g/mol. The van der Waals surface area contributed by atoms with Crippen molar-refractivity contribution in [1.29, 1.82) is 0 Å². The molecule has 4 rings (SSSR count). The zero-order chi connectivity index (χ0) is 20.9. The topological polar surface area (TPSA) is 119 Å². The number of hydrogen-bond donors (Lipinski definition) is 4. The highest BCUT2D eigenvalue weighted by Gasteiger charge is 2.07. The van der Waals surface area contributed by atoms with E-state index in [0.717, 1.165) is 16.9 Å². The number of anilines is 5. The van der Waals surface area contributed by atoms with Crippen LogP contribution in [0.15, 0.2) is 85.2 Å². The van der Waals surface area contributed by atoms with Crippen molar-refractivity contribution in [2.75, 3.05) is 22.1 Å². The van der Waals surface area contributed by atoms with Crippen LogP contribution in [0.2, 0.25) is 0 Å². The first-order valence-corrected chi connectivity index (χ1v) is 9.29. The number of amides is 1. The average molecular weight is 396 g/mol. The third-order valence-electron chi connectivity index (χ3n) is 4.44. The van der Waals surface area contributed by atoms with E-state index in [9.17, 15) is 4.79 Å². The van der Waals surface area contributed by atoms with E-state index in [1.54, 1.807) is 24.3 Å². The maximum atomic E-state index is 12.3. The van der Waals surface area contributed by atoms with Gasteiger partial charge in [-0.15, -0.1) is 0 Å². The van der Waals surface area contributed by atoms with Crippen LogP contribution in [-0.2, 0) is 0 Å². The maximum Gasteiger partial charge on any atom is 0.255 e. The molecule has 1 heterocycles. The molecule has 1 aromatic heterocycles. The second kappa shape index (κ2) is 8.32. The Morgan fingerprint density at radius 2 is 1.50 bits per heavy atom. The van der Waals surface area contributed by atoms with Gasteiger partial charge >= 0.3 is 0 Å². The summed E-state index contributed by atoms with van der Waals surface area (Å²) in [5, 5.41) is 6.10. The summed E-state index contributed by atoms with van der Waals surface area (Å²) in [4.78, 5) is 20.9. The molecule has 0 unspecified atom stereocenters. The van der Waals surface area contributed by atoms with Crippen LogP contribution < -0.4 is 22.1 Å². The Morgan fingerprint density at radius 3 is 2.23 bits per heavy atom. The largest absolute Gasteiger partial charge is 0.399 e. The van der Waals surface area contributed by atoms with Gasteiger partial charge in [0.05, 0.1) is 5.69 Å². The third-order valence-corrected chi connectivity index (χ3v) is 4.44. The van der Waals surface area contributed by atoms with E-state index < -0.39 is 0 Å². The van der Waals surface area contributed by atoms with E-state index in [1.165, 1.54) is 6.33 Å². The standard InChI is InChI=1S/C23H20N6O/c24-17-6-4-15(5-7-17)23(30)29-20-10-8-19(9-11-20)28-22-13-21(26-14-27-22)16-2-1-3-18(25)12-16/h1-14H,24-25H2,(H,29,30)(H,26,27,28). The number of nitrogens with two attached hydrogens (primary N) is 2. The molecule has 6 N–H and O–H groups in total. The van der Waals surface area contributed by atoms with Crippen LogP contribution >= 0.6 is 0 Å². The van der Waals surface area contributed by atoms with Crippen LogP contribution in [0.25, 0.3) is 11.3 Å². The predicted octanol–water partition coefficient (Wildman–Crippen LogP) is 4.30. The van der Waals surface area contributed by atoms with E-state index in [1.807, 2.05) is 54.6 Å². The van der Waals surface area contributed by atoms with E-state index in [4.69, 9.17) is 11.5 Å². The van der Waals surface area contributed by atoms with Gasteiger partial charge in [0.15, 0.2) is 0 Å². The molecule has 0 radical (unpaired) electrons. The molecule has 30 heavy (non-hydrogen) atoms. The SMILES string of the molecule is Nc1ccc(C(=O)Nc2ccc(Nc3cc(-c4cccc(N)c4)ncn3)cc2)cc1. The first-order chi connectivity index (χ1) is 14.6. The second-order valence-electron chi connectivity index (χ2n) is 6.69. The Morgan fingerprint density at radius 1 is 0.767 bits per heavy atom. The van der Waals surface area contributed by atoms with Crippen LogP contribution in [0.1, 0.15) is 10.4 Å². The molecule has 0 bridgehead atoms. The van der Waals surface area contributed by atoms with Gasteiger partial charge < -0.3 is 22.1 Å². The van der Waals surface area contributed by atoms with Gasteiger partial charge in [-0.1, -0.05) is 12.1 Å². The van der Waals surface area contributed by atoms with Gasteiger partial charge in [-0.25, -0.2) is 9.97 Å². The van der Waals surface area contributed by atoms with Crippen molar-refractivity contribution in [2.24, 2.45) is 0 Å². The first kappa shape index (κ1) is 18.9. The molecule has 1 amide bonds. The normalized spacial score (nSPS) is 10.4. The Kier molecular flexibility index (Phi) is 5.25. The fourth-order valence-corrected chi connectivity index (χ4v) is 2.90. The van der Waals surface area contributed by atoms with E-state index in [0.29, 0.717) is 28.4 Å². The molecule has 4 aromatic rings. The fourth-order valence-electron chi connectivity index (χ4n) is 2.90. The molecular formula is C23H20N6O. The van der Waals surface area contributed by atoms with Gasteiger partial charge in [0.2, 0.25) is 0 Å². The number of nitrogens with zero attached hydrogens (tertiary/aromatic N) is 2. The van der Waals surface area contributed by atoms with Crippen LogP contribution in [0, 0.1) is 0 Å². The molecule has 7 heteroatoms. The zero-order valence-electron chi connectivity index (χ0n) is 16.0. The number of hydrogen-bond acceptors (Lipinski definition) is 6. The van der Waals surface area contributed by atoms with Gasteiger partial charge in [-0.05, 0) is 60.7 Å². The van der Waals surface area contributed by atoms with Crippen molar-refractivity contribution in [2.45, 2.75) is 0 Å². The molecule has 0 aliphatic carbocycles. The highest BCUT2D eigenvalue weighted by molar-refractivity contribution is 6.04. The Bertz CT molecular complexity index is 1170. The number of rotatable bonds is 5. The fraction of sp³-hybridized carbons (Fsp3) is 0. The lowest BCUT2D eigenvalue weighted by atomic mass is 10.1. The summed E-state index contributed by atoms with van der Waals surface area (Å²) in [5.41, 5.74) is 16.6. The molecule has 0 aliphatic rings. The van der Waals surface area contributed by atoms with Crippen molar-refractivity contribution in [3.63, 3.8) is 0 Å². The lowest BCUT2D eigenvalue weighted by molar-refractivity contribution is 0.102. The number of carbonyl (C=O) groups excluding carboxylic acids is 1. The zero-order valence-corrected chi connectivity index (χ0v) is 16.0. The summed E-state index contributed by atoms with van der Waals surface area (Å²) in [5.74, 6) is 0.458. The number of nitrogens with one attached hydrogen (secondary N) is 2. The summed E-state index contributed by atoms with van der Waals surface area (Å²) in [6.07, 6.45) is 1.50. The summed E-state index contributed by atoms with van der Waals surface area (Å²) in [6.45, 7) is 0. The third kappa shape index (κ3) is 4.53. The minimum Gasteiger partial charge on any atom is -0.399 e. The molecule has 3 aromatic carbocycles. The molecule has 7 nitrogen and oxygen atoms in total. The summed E-state index contributed by atoms with van der Waals surface area (Å²) >= 11 is 0. The van der Waals surface area contributed by atoms with Crippen LogP contribution in [0.3, 0.4) is 0 Å². The highest BCUT2D eigenvalue weighted by atomic mass is 16.1. The van der Waals surface area contributed by atoms with E-state index >= 15 is 0 Å². The van der Waals surface area contributed by atoms with Crippen molar-refractivity contribution in [3.8, 4) is 11.3 Å². The van der Waals surface area contributed by atoms with Gasteiger partial charge in [0.1, 0.15) is 12.1 Å². The van der Waals surface area contributed by atoms with E-state index in [-0.39, 0.29) is 5.91 Å². The second-order valence-corrected chi connectivity index (χ2v) is 6.69. The summed E-state index contributed by atoms with van der Waals surface area (Å²) in [6, 6.07) is 23.5. The molecule has 0 saturated carbocycles. The van der Waals surface area contributed by atoms with E-state index in [2.05, 4.69) is 20.6 Å². The number of nitrogen functional groups attached to an aromatic ring is 2. The molecule has 0 fully saturated rings. The average Bonchev–Trinajstić information content (AvgIpc) is 2.76. The molecule has 148 valence electrons. The van der Waals surface area contributed by atoms with Crippen LogP contribution in [-0.4, -0.2) is 15.9 Å². The Balaban J connectivity index is 1.44. The quantitative estimate of drug-likeness (QED) is 0.373. The van der Waals surface area contributed by atoms with Crippen molar-refractivity contribution in [1.82, 2.24) is 9.97 Å². The van der Waals surface area contributed by atoms with Gasteiger partial charge in [-0.3, -0.25) is 4.79 Å². The smallest absolute Gasteiger partial charge is 0.255 e. The predicted molar refractivity (Wildman–Crippen MR) is 120 cm³/mol. The molecular weight excluding hydrogens is 376 g/mol. The van der Waals surface area contributed by atoms with Crippen LogP contribution in [0.5, 0.6) is 0 Å². The number of carbonyl (C=O) groups is 1. The van der Waals surface area contributed by atoms with Crippen molar-refractivity contribution >= 4 is 34.5 Å². The van der Waals surface area contributed by atoms with Gasteiger partial charge in [0, 0.05) is 39.9 Å².